The molecule has 3 heteroatoms. The molecule has 1 rings (SSSR count). The fourth-order valence-corrected chi connectivity index (χ4v) is 0.743. The first kappa shape index (κ1) is 7.89. The summed E-state index contributed by atoms with van der Waals surface area (Å²) in [5.74, 6) is 0.609. The highest BCUT2D eigenvalue weighted by Gasteiger charge is 1.92. The Morgan fingerprint density at radius 1 is 1.36 bits per heavy atom. The molecule has 0 aliphatic carbocycles. The summed E-state index contributed by atoms with van der Waals surface area (Å²) in [7, 11) is 0.656. The molecule has 0 saturated heterocycles. The monoisotopic (exact) mass is 147 g/mol. The molecule has 0 heterocycles. The van der Waals surface area contributed by atoms with Crippen molar-refractivity contribution in [1.82, 2.24) is 0 Å². The predicted octanol–water partition coefficient (Wildman–Crippen LogP) is 1.23. The van der Waals surface area contributed by atoms with E-state index in [2.05, 4.69) is 6.58 Å². The molecule has 0 aromatic heterocycles. The van der Waals surface area contributed by atoms with Crippen molar-refractivity contribution in [3.05, 3.63) is 36.4 Å². The van der Waals surface area contributed by atoms with Gasteiger partial charge < -0.3 is 9.68 Å². The fourth-order valence-electron chi connectivity index (χ4n) is 0.743. The van der Waals surface area contributed by atoms with Crippen LogP contribution in [0.25, 0.3) is 6.08 Å². The Hall–Kier alpha value is -1.22. The van der Waals surface area contributed by atoms with Crippen molar-refractivity contribution in [3.63, 3.8) is 0 Å². The van der Waals surface area contributed by atoms with E-state index in [1.54, 1.807) is 18.2 Å². The Balaban J connectivity index is 2.74. The largest absolute Gasteiger partial charge is 0.569 e. The van der Waals surface area contributed by atoms with Crippen LogP contribution in [-0.4, -0.2) is 12.7 Å². The molecule has 0 fully saturated rings. The van der Waals surface area contributed by atoms with Crippen LogP contribution in [0.15, 0.2) is 30.8 Å². The van der Waals surface area contributed by atoms with Crippen molar-refractivity contribution in [2.24, 2.45) is 0 Å². The molecule has 1 aromatic rings. The summed E-state index contributed by atoms with van der Waals surface area (Å²) >= 11 is 0. The summed E-state index contributed by atoms with van der Waals surface area (Å²) in [5, 5.41) is 8.28. The lowest BCUT2D eigenvalue weighted by molar-refractivity contribution is 0.454. The SMILES string of the molecule is C=Cc1ccc(O[B]O)cc1. The van der Waals surface area contributed by atoms with Gasteiger partial charge in [-0.3, -0.25) is 0 Å². The molecular weight excluding hydrogens is 139 g/mol. The van der Waals surface area contributed by atoms with E-state index in [1.165, 1.54) is 0 Å². The van der Waals surface area contributed by atoms with E-state index >= 15 is 0 Å². The second-order valence-electron chi connectivity index (χ2n) is 2.00. The molecule has 0 atom stereocenters. The highest BCUT2D eigenvalue weighted by molar-refractivity contribution is 6.17. The highest BCUT2D eigenvalue weighted by Crippen LogP contribution is 2.11. The van der Waals surface area contributed by atoms with Crippen LogP contribution in [0.4, 0.5) is 0 Å². The molecule has 0 bridgehead atoms. The van der Waals surface area contributed by atoms with Crippen molar-refractivity contribution in [2.45, 2.75) is 0 Å². The molecule has 0 spiro atoms. The van der Waals surface area contributed by atoms with E-state index in [1.807, 2.05) is 12.1 Å². The summed E-state index contributed by atoms with van der Waals surface area (Å²) in [5.41, 5.74) is 1.02. The molecule has 0 unspecified atom stereocenters. The lowest BCUT2D eigenvalue weighted by Crippen LogP contribution is -1.99. The van der Waals surface area contributed by atoms with E-state index in [0.29, 0.717) is 13.4 Å². The molecular formula is C8H8BO2. The van der Waals surface area contributed by atoms with Crippen molar-refractivity contribution < 1.29 is 9.68 Å². The highest BCUT2D eigenvalue weighted by atomic mass is 16.5. The van der Waals surface area contributed by atoms with Crippen LogP contribution in [0.2, 0.25) is 0 Å². The van der Waals surface area contributed by atoms with Crippen LogP contribution in [0, 0.1) is 0 Å². The van der Waals surface area contributed by atoms with Crippen molar-refractivity contribution in [1.29, 1.82) is 0 Å². The quantitative estimate of drug-likeness (QED) is 0.651. The first-order valence-electron chi connectivity index (χ1n) is 3.22. The standard InChI is InChI=1S/C8H8BO2/c1-2-7-3-5-8(6-4-7)11-9-10/h2-6,10H,1H2. The molecule has 0 aliphatic rings. The zero-order valence-corrected chi connectivity index (χ0v) is 6.03. The molecule has 1 aromatic carbocycles. The average Bonchev–Trinajstić information content (AvgIpc) is 2.07. The zero-order chi connectivity index (χ0) is 8.10. The second kappa shape index (κ2) is 3.83. The summed E-state index contributed by atoms with van der Waals surface area (Å²) < 4.78 is 4.70. The van der Waals surface area contributed by atoms with Crippen molar-refractivity contribution in [2.75, 3.05) is 0 Å². The lowest BCUT2D eigenvalue weighted by Gasteiger charge is -2.00. The second-order valence-corrected chi connectivity index (χ2v) is 2.00. The third kappa shape index (κ3) is 2.13. The maximum atomic E-state index is 8.28. The Morgan fingerprint density at radius 2 is 2.00 bits per heavy atom. The molecule has 55 valence electrons. The van der Waals surface area contributed by atoms with Gasteiger partial charge >= 0.3 is 7.69 Å². The van der Waals surface area contributed by atoms with Gasteiger partial charge in [0.1, 0.15) is 5.75 Å². The lowest BCUT2D eigenvalue weighted by atomic mass is 10.2. The van der Waals surface area contributed by atoms with Gasteiger partial charge in [-0.2, -0.15) is 0 Å². The number of hydrogen-bond donors (Lipinski definition) is 1. The normalized spacial score (nSPS) is 8.82. The molecule has 1 radical (unpaired) electrons. The first-order chi connectivity index (χ1) is 5.36. The summed E-state index contributed by atoms with van der Waals surface area (Å²) in [6, 6.07) is 7.21. The van der Waals surface area contributed by atoms with E-state index in [9.17, 15) is 0 Å². The molecule has 2 nitrogen and oxygen atoms in total. The van der Waals surface area contributed by atoms with Crippen LogP contribution in [0.1, 0.15) is 5.56 Å². The number of benzene rings is 1. The summed E-state index contributed by atoms with van der Waals surface area (Å²) in [6.07, 6.45) is 1.74. The molecule has 0 amide bonds. The molecule has 0 aliphatic heterocycles. The van der Waals surface area contributed by atoms with Gasteiger partial charge in [-0.15, -0.1) is 0 Å². The van der Waals surface area contributed by atoms with Crippen LogP contribution >= 0.6 is 0 Å². The zero-order valence-electron chi connectivity index (χ0n) is 6.03. The Labute approximate surface area is 66.4 Å². The van der Waals surface area contributed by atoms with E-state index in [0.717, 1.165) is 5.56 Å². The van der Waals surface area contributed by atoms with Gasteiger partial charge in [0.2, 0.25) is 0 Å². The minimum Gasteiger partial charge on any atom is -0.537 e. The smallest absolute Gasteiger partial charge is 0.537 e. The Kier molecular flexibility index (Phi) is 2.75. The molecule has 1 N–H and O–H groups in total. The summed E-state index contributed by atoms with van der Waals surface area (Å²) in [6.45, 7) is 3.61. The maximum Gasteiger partial charge on any atom is 0.569 e. The van der Waals surface area contributed by atoms with Gasteiger partial charge in [0.25, 0.3) is 0 Å². The third-order valence-electron chi connectivity index (χ3n) is 1.30. The Bertz CT molecular complexity index is 230. The fraction of sp³-hybridized carbons (Fsp3) is 0. The van der Waals surface area contributed by atoms with Gasteiger partial charge in [0, 0.05) is 0 Å². The van der Waals surface area contributed by atoms with E-state index in [4.69, 9.17) is 9.68 Å². The summed E-state index contributed by atoms with van der Waals surface area (Å²) in [4.78, 5) is 0. The van der Waals surface area contributed by atoms with Gasteiger partial charge in [-0.05, 0) is 17.7 Å². The third-order valence-corrected chi connectivity index (χ3v) is 1.30. The van der Waals surface area contributed by atoms with Crippen molar-refractivity contribution >= 4 is 13.8 Å². The van der Waals surface area contributed by atoms with Crippen LogP contribution in [0.3, 0.4) is 0 Å². The number of hydrogen-bond acceptors (Lipinski definition) is 2. The Morgan fingerprint density at radius 3 is 2.45 bits per heavy atom. The van der Waals surface area contributed by atoms with Gasteiger partial charge in [-0.25, -0.2) is 0 Å². The topological polar surface area (TPSA) is 29.5 Å². The molecule has 0 saturated carbocycles. The van der Waals surface area contributed by atoms with Crippen molar-refractivity contribution in [3.8, 4) is 5.75 Å². The van der Waals surface area contributed by atoms with Gasteiger partial charge in [-0.1, -0.05) is 24.8 Å². The first-order valence-corrected chi connectivity index (χ1v) is 3.22. The van der Waals surface area contributed by atoms with Crippen LogP contribution in [0.5, 0.6) is 5.75 Å². The van der Waals surface area contributed by atoms with Gasteiger partial charge in [0.05, 0.1) is 0 Å². The van der Waals surface area contributed by atoms with Crippen LogP contribution < -0.4 is 4.65 Å². The predicted molar refractivity (Wildman–Crippen MR) is 45.1 cm³/mol. The minimum absolute atomic E-state index is 0.609. The average molecular weight is 147 g/mol. The van der Waals surface area contributed by atoms with E-state index < -0.39 is 0 Å². The maximum absolute atomic E-state index is 8.28. The number of rotatable bonds is 3. The van der Waals surface area contributed by atoms with E-state index in [-0.39, 0.29) is 0 Å². The van der Waals surface area contributed by atoms with Gasteiger partial charge in [0.15, 0.2) is 0 Å². The van der Waals surface area contributed by atoms with Crippen LogP contribution in [-0.2, 0) is 0 Å². The minimum atomic E-state index is 0.609. The molecule has 11 heavy (non-hydrogen) atoms.